The number of carbonyl (C=O) groups excluding carboxylic acids is 1. The Kier molecular flexibility index (Phi) is 4.54. The maximum atomic E-state index is 11.7. The van der Waals surface area contributed by atoms with Gasteiger partial charge in [-0.2, -0.15) is 5.10 Å². The summed E-state index contributed by atoms with van der Waals surface area (Å²) < 4.78 is 5.62. The van der Waals surface area contributed by atoms with Crippen molar-refractivity contribution in [2.75, 3.05) is 7.11 Å². The van der Waals surface area contributed by atoms with Crippen LogP contribution in [0.4, 0.5) is 0 Å². The van der Waals surface area contributed by atoms with E-state index >= 15 is 0 Å². The Bertz CT molecular complexity index is 593. The van der Waals surface area contributed by atoms with Gasteiger partial charge in [0, 0.05) is 0 Å². The molecule has 0 atom stereocenters. The van der Waals surface area contributed by atoms with E-state index in [1.165, 1.54) is 11.3 Å². The lowest BCUT2D eigenvalue weighted by Crippen LogP contribution is -2.16. The molecule has 0 radical (unpaired) electrons. The van der Waals surface area contributed by atoms with E-state index in [9.17, 15) is 4.79 Å². The normalized spacial score (nSPS) is 10.6. The van der Waals surface area contributed by atoms with E-state index in [4.69, 9.17) is 16.3 Å². The molecule has 0 unspecified atom stereocenters. The lowest BCUT2D eigenvalue weighted by molar-refractivity contribution is 0.0959. The molecule has 19 heavy (non-hydrogen) atoms. The molecule has 0 fully saturated rings. The largest absolute Gasteiger partial charge is 0.497 e. The first-order valence-corrected chi connectivity index (χ1v) is 6.61. The highest BCUT2D eigenvalue weighted by molar-refractivity contribution is 7.17. The predicted octanol–water partition coefficient (Wildman–Crippen LogP) is 3.17. The second-order valence-corrected chi connectivity index (χ2v) is 5.29. The summed E-state index contributed by atoms with van der Waals surface area (Å²) in [7, 11) is 1.61. The lowest BCUT2D eigenvalue weighted by atomic mass is 10.2. The quantitative estimate of drug-likeness (QED) is 0.695. The Labute approximate surface area is 119 Å². The van der Waals surface area contributed by atoms with Gasteiger partial charge in [-0.05, 0) is 42.0 Å². The number of hydrazone groups is 1. The zero-order chi connectivity index (χ0) is 13.7. The van der Waals surface area contributed by atoms with E-state index < -0.39 is 0 Å². The van der Waals surface area contributed by atoms with E-state index in [2.05, 4.69) is 10.5 Å². The fraction of sp³-hybridized carbons (Fsp3) is 0.0769. The number of hydrogen-bond acceptors (Lipinski definition) is 4. The summed E-state index contributed by atoms with van der Waals surface area (Å²) in [5.41, 5.74) is 3.31. The average molecular weight is 295 g/mol. The van der Waals surface area contributed by atoms with Gasteiger partial charge < -0.3 is 4.74 Å². The molecule has 0 spiro atoms. The second-order valence-electron chi connectivity index (χ2n) is 3.58. The van der Waals surface area contributed by atoms with Gasteiger partial charge in [-0.3, -0.25) is 4.79 Å². The zero-order valence-corrected chi connectivity index (χ0v) is 11.7. The number of thiophene rings is 1. The van der Waals surface area contributed by atoms with Gasteiger partial charge in [-0.25, -0.2) is 5.43 Å². The molecule has 1 aromatic heterocycles. The van der Waals surface area contributed by atoms with Crippen LogP contribution in [-0.4, -0.2) is 19.2 Å². The first-order valence-electron chi connectivity index (χ1n) is 5.42. The van der Waals surface area contributed by atoms with Gasteiger partial charge in [-0.1, -0.05) is 11.6 Å². The second kappa shape index (κ2) is 6.36. The van der Waals surface area contributed by atoms with Gasteiger partial charge in [0.15, 0.2) is 0 Å². The Morgan fingerprint density at radius 2 is 2.05 bits per heavy atom. The molecule has 0 aliphatic carbocycles. The third kappa shape index (κ3) is 3.81. The lowest BCUT2D eigenvalue weighted by Gasteiger charge is -1.99. The minimum absolute atomic E-state index is 0.276. The van der Waals surface area contributed by atoms with Crippen molar-refractivity contribution in [3.63, 3.8) is 0 Å². The monoisotopic (exact) mass is 294 g/mol. The van der Waals surface area contributed by atoms with Crippen LogP contribution in [0.2, 0.25) is 4.34 Å². The zero-order valence-electron chi connectivity index (χ0n) is 10.1. The number of nitrogens with zero attached hydrogens (tertiary/aromatic N) is 1. The number of carbonyl (C=O) groups is 1. The van der Waals surface area contributed by atoms with Crippen molar-refractivity contribution in [1.82, 2.24) is 5.43 Å². The van der Waals surface area contributed by atoms with Crippen molar-refractivity contribution < 1.29 is 9.53 Å². The van der Waals surface area contributed by atoms with Crippen LogP contribution >= 0.6 is 22.9 Å². The summed E-state index contributed by atoms with van der Waals surface area (Å²) in [4.78, 5) is 12.2. The van der Waals surface area contributed by atoms with E-state index in [0.717, 1.165) is 11.3 Å². The van der Waals surface area contributed by atoms with Crippen LogP contribution < -0.4 is 10.2 Å². The number of ether oxygens (including phenoxy) is 1. The fourth-order valence-electron chi connectivity index (χ4n) is 1.35. The van der Waals surface area contributed by atoms with Crippen LogP contribution in [0.3, 0.4) is 0 Å². The molecular weight excluding hydrogens is 284 g/mol. The van der Waals surface area contributed by atoms with Gasteiger partial charge in [0.1, 0.15) is 5.75 Å². The number of rotatable bonds is 4. The highest BCUT2D eigenvalue weighted by Crippen LogP contribution is 2.21. The van der Waals surface area contributed by atoms with Gasteiger partial charge in [0.2, 0.25) is 0 Å². The molecule has 1 heterocycles. The third-order valence-corrected chi connectivity index (χ3v) is 3.52. The number of amides is 1. The van der Waals surface area contributed by atoms with Crippen molar-refractivity contribution in [1.29, 1.82) is 0 Å². The van der Waals surface area contributed by atoms with Crippen molar-refractivity contribution in [2.45, 2.75) is 0 Å². The van der Waals surface area contributed by atoms with Crippen LogP contribution in [0, 0.1) is 0 Å². The van der Waals surface area contributed by atoms with Crippen LogP contribution in [0.5, 0.6) is 5.75 Å². The third-order valence-electron chi connectivity index (χ3n) is 2.29. The maximum absolute atomic E-state index is 11.7. The van der Waals surface area contributed by atoms with Crippen molar-refractivity contribution in [2.24, 2.45) is 5.10 Å². The highest BCUT2D eigenvalue weighted by atomic mass is 35.5. The van der Waals surface area contributed by atoms with E-state index in [1.54, 1.807) is 25.5 Å². The molecule has 1 N–H and O–H groups in total. The fourth-order valence-corrected chi connectivity index (χ4v) is 2.28. The average Bonchev–Trinajstić information content (AvgIpc) is 2.86. The summed E-state index contributed by atoms with van der Waals surface area (Å²) in [6, 6.07) is 10.7. The molecule has 2 rings (SSSR count). The smallest absolute Gasteiger partial charge is 0.281 e. The van der Waals surface area contributed by atoms with Gasteiger partial charge in [0.05, 0.1) is 22.5 Å². The Morgan fingerprint density at radius 3 is 2.63 bits per heavy atom. The standard InChI is InChI=1S/C13H11ClN2O2S/c1-18-10-4-2-9(3-5-10)8-15-16-13(17)11-6-7-12(14)19-11/h2-8H,1H3,(H,16,17)/b15-8-. The Morgan fingerprint density at radius 1 is 1.32 bits per heavy atom. The van der Waals surface area contributed by atoms with Crippen LogP contribution in [0.15, 0.2) is 41.5 Å². The maximum Gasteiger partial charge on any atom is 0.281 e. The molecule has 0 saturated heterocycles. The highest BCUT2D eigenvalue weighted by Gasteiger charge is 2.06. The number of benzene rings is 1. The molecule has 98 valence electrons. The van der Waals surface area contributed by atoms with E-state index in [0.29, 0.717) is 9.21 Å². The molecule has 0 saturated carbocycles. The van der Waals surface area contributed by atoms with Gasteiger partial charge in [-0.15, -0.1) is 11.3 Å². The van der Waals surface area contributed by atoms with Crippen molar-refractivity contribution >= 4 is 35.1 Å². The van der Waals surface area contributed by atoms with E-state index in [1.807, 2.05) is 24.3 Å². The summed E-state index contributed by atoms with van der Waals surface area (Å²) in [6.07, 6.45) is 1.56. The van der Waals surface area contributed by atoms with Gasteiger partial charge >= 0.3 is 0 Å². The van der Waals surface area contributed by atoms with E-state index in [-0.39, 0.29) is 5.91 Å². The molecular formula is C13H11ClN2O2S. The number of methoxy groups -OCH3 is 1. The number of nitrogens with one attached hydrogen (secondary N) is 1. The summed E-state index contributed by atoms with van der Waals surface area (Å²) >= 11 is 6.96. The van der Waals surface area contributed by atoms with Crippen LogP contribution in [0.1, 0.15) is 15.2 Å². The SMILES string of the molecule is COc1ccc(/C=N\NC(=O)c2ccc(Cl)s2)cc1. The Balaban J connectivity index is 1.94. The summed E-state index contributed by atoms with van der Waals surface area (Å²) in [5.74, 6) is 0.496. The summed E-state index contributed by atoms with van der Waals surface area (Å²) in [6.45, 7) is 0. The van der Waals surface area contributed by atoms with Crippen molar-refractivity contribution in [3.05, 3.63) is 51.2 Å². The summed E-state index contributed by atoms with van der Waals surface area (Å²) in [5, 5.41) is 3.88. The topological polar surface area (TPSA) is 50.7 Å². The predicted molar refractivity (Wildman–Crippen MR) is 77.4 cm³/mol. The minimum Gasteiger partial charge on any atom is -0.497 e. The molecule has 0 aliphatic rings. The minimum atomic E-state index is -0.276. The number of hydrogen-bond donors (Lipinski definition) is 1. The molecule has 1 aromatic carbocycles. The first-order chi connectivity index (χ1) is 9.19. The van der Waals surface area contributed by atoms with Crippen LogP contribution in [0.25, 0.3) is 0 Å². The molecule has 2 aromatic rings. The van der Waals surface area contributed by atoms with Gasteiger partial charge in [0.25, 0.3) is 5.91 Å². The first kappa shape index (κ1) is 13.6. The van der Waals surface area contributed by atoms with Crippen LogP contribution in [-0.2, 0) is 0 Å². The number of halogens is 1. The Hall–Kier alpha value is -1.85. The molecule has 6 heteroatoms. The molecule has 1 amide bonds. The molecule has 4 nitrogen and oxygen atoms in total. The molecule has 0 bridgehead atoms. The van der Waals surface area contributed by atoms with Crippen molar-refractivity contribution in [3.8, 4) is 5.75 Å². The molecule has 0 aliphatic heterocycles.